The quantitative estimate of drug-likeness (QED) is 0.286. The van der Waals surface area contributed by atoms with E-state index in [0.717, 1.165) is 18.4 Å². The molecule has 0 aliphatic carbocycles. The van der Waals surface area contributed by atoms with Crippen LogP contribution in [0.25, 0.3) is 0 Å². The van der Waals surface area contributed by atoms with Crippen molar-refractivity contribution in [2.24, 2.45) is 0 Å². The van der Waals surface area contributed by atoms with Crippen LogP contribution in [0.3, 0.4) is 0 Å². The van der Waals surface area contributed by atoms with Crippen molar-refractivity contribution in [3.63, 3.8) is 0 Å². The van der Waals surface area contributed by atoms with Crippen LogP contribution in [0.2, 0.25) is 0 Å². The summed E-state index contributed by atoms with van der Waals surface area (Å²) in [4.78, 5) is 25.7. The topological polar surface area (TPSA) is 72.5 Å². The van der Waals surface area contributed by atoms with E-state index in [1.54, 1.807) is 36.4 Å². The number of ether oxygens (including phenoxy) is 1. The first-order chi connectivity index (χ1) is 15.0. The fourth-order valence-corrected chi connectivity index (χ4v) is 4.44. The molecule has 0 spiro atoms. The van der Waals surface area contributed by atoms with Crippen molar-refractivity contribution in [2.45, 2.75) is 57.5 Å². The summed E-state index contributed by atoms with van der Waals surface area (Å²) in [5.41, 5.74) is 1.60. The van der Waals surface area contributed by atoms with Gasteiger partial charge in [0, 0.05) is 41.3 Å². The largest absolute Gasteiger partial charge is 0.374 e. The van der Waals surface area contributed by atoms with E-state index in [1.165, 1.54) is 0 Å². The summed E-state index contributed by atoms with van der Waals surface area (Å²) in [5, 5.41) is 2.89. The van der Waals surface area contributed by atoms with E-state index in [2.05, 4.69) is 18.1 Å². The third-order valence-electron chi connectivity index (χ3n) is 5.24. The van der Waals surface area contributed by atoms with Crippen molar-refractivity contribution in [2.75, 3.05) is 18.9 Å². The summed E-state index contributed by atoms with van der Waals surface area (Å²) >= 11 is 0. The highest BCUT2D eigenvalue weighted by Crippen LogP contribution is 2.15. The SMILES string of the molecule is C=S(=O)(CCC(=O)c1ccc(C(=O)NCC(C)(C)OCCCC)cc1)c1ccc(C)cc1. The summed E-state index contributed by atoms with van der Waals surface area (Å²) in [6, 6.07) is 13.9. The molecule has 0 bridgehead atoms. The molecule has 1 unspecified atom stereocenters. The average molecular weight is 458 g/mol. The van der Waals surface area contributed by atoms with Gasteiger partial charge in [-0.25, -0.2) is 0 Å². The van der Waals surface area contributed by atoms with Gasteiger partial charge in [0.05, 0.1) is 5.60 Å². The summed E-state index contributed by atoms with van der Waals surface area (Å²) in [6.45, 7) is 9.02. The molecule has 0 radical (unpaired) electrons. The highest BCUT2D eigenvalue weighted by molar-refractivity contribution is 8.00. The Morgan fingerprint density at radius 1 is 1.03 bits per heavy atom. The fourth-order valence-electron chi connectivity index (χ4n) is 3.05. The van der Waals surface area contributed by atoms with Crippen molar-refractivity contribution < 1.29 is 18.5 Å². The molecule has 0 heterocycles. The van der Waals surface area contributed by atoms with E-state index in [9.17, 15) is 13.8 Å². The second kappa shape index (κ2) is 11.4. The molecule has 1 N–H and O–H groups in total. The summed E-state index contributed by atoms with van der Waals surface area (Å²) in [5.74, 6) is 3.70. The Morgan fingerprint density at radius 3 is 2.22 bits per heavy atom. The van der Waals surface area contributed by atoms with Crippen LogP contribution in [0, 0.1) is 6.92 Å². The molecule has 0 fully saturated rings. The molecule has 174 valence electrons. The van der Waals surface area contributed by atoms with E-state index in [-0.39, 0.29) is 23.9 Å². The summed E-state index contributed by atoms with van der Waals surface area (Å²) in [6.07, 6.45) is 2.18. The van der Waals surface area contributed by atoms with Gasteiger partial charge in [0.15, 0.2) is 5.78 Å². The Hall–Kier alpha value is -2.44. The normalized spacial score (nSPS) is 13.4. The fraction of sp³-hybridized carbons (Fsp3) is 0.423. The number of Topliss-reactive ketones (excluding diaryl/α,β-unsaturated/α-hetero) is 1. The number of hydrogen-bond donors (Lipinski definition) is 1. The number of unbranched alkanes of at least 4 members (excludes halogenated alkanes) is 1. The third-order valence-corrected chi connectivity index (χ3v) is 7.24. The number of benzene rings is 2. The molecule has 2 rings (SSSR count). The van der Waals surface area contributed by atoms with Crippen molar-refractivity contribution in [3.05, 3.63) is 65.2 Å². The average Bonchev–Trinajstić information content (AvgIpc) is 2.76. The molecular formula is C26H35NO4S. The maximum atomic E-state index is 12.9. The lowest BCUT2D eigenvalue weighted by Crippen LogP contribution is -2.40. The number of aryl methyl sites for hydroxylation is 1. The Morgan fingerprint density at radius 2 is 1.62 bits per heavy atom. The molecule has 5 nitrogen and oxygen atoms in total. The number of amides is 1. The molecule has 2 aromatic carbocycles. The smallest absolute Gasteiger partial charge is 0.251 e. The molecule has 1 amide bonds. The first-order valence-corrected chi connectivity index (χ1v) is 12.9. The number of ketones is 1. The maximum absolute atomic E-state index is 12.9. The molecule has 1 atom stereocenters. The predicted molar refractivity (Wildman–Crippen MR) is 132 cm³/mol. The molecule has 0 aromatic heterocycles. The second-order valence-corrected chi connectivity index (χ2v) is 11.2. The Labute approximate surface area is 192 Å². The van der Waals surface area contributed by atoms with E-state index in [4.69, 9.17) is 4.74 Å². The summed E-state index contributed by atoms with van der Waals surface area (Å²) < 4.78 is 18.7. The van der Waals surface area contributed by atoms with Crippen LogP contribution in [0.1, 0.15) is 66.3 Å². The third kappa shape index (κ3) is 7.92. The van der Waals surface area contributed by atoms with Crippen molar-refractivity contribution >= 4 is 27.1 Å². The minimum atomic E-state index is -2.53. The van der Waals surface area contributed by atoms with Crippen LogP contribution in [0.15, 0.2) is 53.4 Å². The van der Waals surface area contributed by atoms with E-state index in [1.807, 2.05) is 32.9 Å². The molecule has 2 aromatic rings. The Bertz CT molecular complexity index is 1010. The van der Waals surface area contributed by atoms with Gasteiger partial charge in [0.2, 0.25) is 0 Å². The second-order valence-electron chi connectivity index (χ2n) is 8.72. The lowest BCUT2D eigenvalue weighted by atomic mass is 10.1. The van der Waals surface area contributed by atoms with Gasteiger partial charge in [0.25, 0.3) is 5.91 Å². The molecule has 6 heteroatoms. The van der Waals surface area contributed by atoms with Gasteiger partial charge in [-0.05, 0) is 66.8 Å². The number of hydrogen-bond acceptors (Lipinski definition) is 4. The highest BCUT2D eigenvalue weighted by Gasteiger charge is 2.20. The maximum Gasteiger partial charge on any atom is 0.251 e. The van der Waals surface area contributed by atoms with Gasteiger partial charge in [-0.3, -0.25) is 13.8 Å². The molecule has 0 aliphatic rings. The van der Waals surface area contributed by atoms with Gasteiger partial charge >= 0.3 is 0 Å². The van der Waals surface area contributed by atoms with E-state index < -0.39 is 15.1 Å². The Balaban J connectivity index is 1.90. The van der Waals surface area contributed by atoms with Crippen LogP contribution in [-0.2, 0) is 14.3 Å². The molecule has 0 aliphatic heterocycles. The van der Waals surface area contributed by atoms with Crippen molar-refractivity contribution in [1.82, 2.24) is 5.32 Å². The van der Waals surface area contributed by atoms with Crippen LogP contribution >= 0.6 is 0 Å². The lowest BCUT2D eigenvalue weighted by molar-refractivity contribution is -0.0167. The zero-order valence-corrected chi connectivity index (χ0v) is 20.4. The van der Waals surface area contributed by atoms with Crippen molar-refractivity contribution in [1.29, 1.82) is 0 Å². The van der Waals surface area contributed by atoms with Gasteiger partial charge in [-0.15, -0.1) is 0 Å². The summed E-state index contributed by atoms with van der Waals surface area (Å²) in [7, 11) is -2.53. The monoisotopic (exact) mass is 457 g/mol. The zero-order chi connectivity index (χ0) is 23.8. The minimum Gasteiger partial charge on any atom is -0.374 e. The van der Waals surface area contributed by atoms with Gasteiger partial charge in [-0.2, -0.15) is 0 Å². The van der Waals surface area contributed by atoms with Crippen LogP contribution in [-0.4, -0.2) is 46.3 Å². The Kier molecular flexibility index (Phi) is 9.22. The van der Waals surface area contributed by atoms with Gasteiger partial charge in [-0.1, -0.05) is 43.2 Å². The van der Waals surface area contributed by atoms with Gasteiger partial charge < -0.3 is 10.1 Å². The molecule has 0 saturated carbocycles. The number of carbonyl (C=O) groups excluding carboxylic acids is 2. The van der Waals surface area contributed by atoms with E-state index >= 15 is 0 Å². The van der Waals surface area contributed by atoms with E-state index in [0.29, 0.717) is 29.2 Å². The lowest BCUT2D eigenvalue weighted by Gasteiger charge is -2.25. The molecule has 32 heavy (non-hydrogen) atoms. The first-order valence-electron chi connectivity index (χ1n) is 11.0. The number of carbonyl (C=O) groups is 2. The first kappa shape index (κ1) is 25.8. The number of nitrogens with one attached hydrogen (secondary N) is 1. The van der Waals surface area contributed by atoms with Crippen LogP contribution in [0.4, 0.5) is 0 Å². The van der Waals surface area contributed by atoms with Crippen LogP contribution < -0.4 is 5.32 Å². The standard InChI is InChI=1S/C26H35NO4S/c1-6-7-17-31-26(3,4)19-27-25(29)22-12-10-21(11-13-22)24(28)16-18-32(5,30)23-14-8-20(2)9-15-23/h8-15H,5-7,16-19H2,1-4H3,(H,27,29). The van der Waals surface area contributed by atoms with Crippen LogP contribution in [0.5, 0.6) is 0 Å². The predicted octanol–water partition coefficient (Wildman–Crippen LogP) is 4.67. The molecule has 0 saturated heterocycles. The number of rotatable bonds is 12. The highest BCUT2D eigenvalue weighted by atomic mass is 32.2. The minimum absolute atomic E-state index is 0.120. The van der Waals surface area contributed by atoms with Gasteiger partial charge in [0.1, 0.15) is 0 Å². The van der Waals surface area contributed by atoms with Crippen molar-refractivity contribution in [3.8, 4) is 0 Å². The zero-order valence-electron chi connectivity index (χ0n) is 19.6. The molecular weight excluding hydrogens is 422 g/mol.